The van der Waals surface area contributed by atoms with Crippen LogP contribution in [-0.2, 0) is 0 Å². The first-order valence-electron chi connectivity index (χ1n) is 4.71. The summed E-state index contributed by atoms with van der Waals surface area (Å²) in [5.41, 5.74) is 6.14. The Morgan fingerprint density at radius 2 is 2.12 bits per heavy atom. The highest BCUT2D eigenvalue weighted by molar-refractivity contribution is 5.96. The number of amides is 1. The second-order valence-electron chi connectivity index (χ2n) is 3.43. The predicted molar refractivity (Wildman–Crippen MR) is 63.2 cm³/mol. The lowest BCUT2D eigenvalue weighted by molar-refractivity contribution is 0.0999. The van der Waals surface area contributed by atoms with Crippen molar-refractivity contribution >= 4 is 22.9 Å². The standard InChI is InChI=1S/C12H10N2O2/c1-2-7-3-4-8-6-9(11(13)15)12(16)14-10(8)5-7/h2-6H,1H2,(H2,13,15)(H,14,16). The first-order valence-corrected chi connectivity index (χ1v) is 4.71. The molecule has 0 aliphatic carbocycles. The average Bonchev–Trinajstić information content (AvgIpc) is 2.27. The maximum atomic E-state index is 11.5. The van der Waals surface area contributed by atoms with E-state index in [1.807, 2.05) is 6.07 Å². The van der Waals surface area contributed by atoms with Crippen LogP contribution >= 0.6 is 0 Å². The molecule has 0 radical (unpaired) electrons. The van der Waals surface area contributed by atoms with Crippen molar-refractivity contribution in [2.24, 2.45) is 5.73 Å². The Kier molecular flexibility index (Phi) is 2.32. The maximum absolute atomic E-state index is 11.5. The molecule has 3 N–H and O–H groups in total. The highest BCUT2D eigenvalue weighted by Gasteiger charge is 2.07. The van der Waals surface area contributed by atoms with Gasteiger partial charge >= 0.3 is 0 Å². The van der Waals surface area contributed by atoms with Gasteiger partial charge in [0.25, 0.3) is 11.5 Å². The van der Waals surface area contributed by atoms with E-state index in [1.165, 1.54) is 6.07 Å². The summed E-state index contributed by atoms with van der Waals surface area (Å²) >= 11 is 0. The summed E-state index contributed by atoms with van der Waals surface area (Å²) in [6.45, 7) is 3.64. The van der Waals surface area contributed by atoms with E-state index in [-0.39, 0.29) is 5.56 Å². The molecule has 0 aliphatic heterocycles. The molecule has 0 atom stereocenters. The van der Waals surface area contributed by atoms with E-state index in [0.717, 1.165) is 10.9 Å². The highest BCUT2D eigenvalue weighted by atomic mass is 16.2. The summed E-state index contributed by atoms with van der Waals surface area (Å²) in [6.07, 6.45) is 1.68. The number of hydrogen-bond acceptors (Lipinski definition) is 2. The van der Waals surface area contributed by atoms with Gasteiger partial charge in [0.15, 0.2) is 0 Å². The molecule has 0 unspecified atom stereocenters. The number of aromatic nitrogens is 1. The molecule has 80 valence electrons. The smallest absolute Gasteiger partial charge is 0.261 e. The maximum Gasteiger partial charge on any atom is 0.261 e. The molecule has 0 aliphatic rings. The molecule has 1 heterocycles. The Labute approximate surface area is 91.4 Å². The van der Waals surface area contributed by atoms with Crippen molar-refractivity contribution in [3.05, 3.63) is 52.3 Å². The van der Waals surface area contributed by atoms with Gasteiger partial charge < -0.3 is 10.7 Å². The van der Waals surface area contributed by atoms with Crippen molar-refractivity contribution in [2.75, 3.05) is 0 Å². The molecule has 1 aromatic carbocycles. The Bertz CT molecular complexity index is 641. The van der Waals surface area contributed by atoms with E-state index in [1.54, 1.807) is 18.2 Å². The van der Waals surface area contributed by atoms with Crippen LogP contribution in [0, 0.1) is 0 Å². The molecule has 1 amide bonds. The lowest BCUT2D eigenvalue weighted by Gasteiger charge is -2.01. The quantitative estimate of drug-likeness (QED) is 0.789. The Morgan fingerprint density at radius 1 is 1.38 bits per heavy atom. The molecule has 0 fully saturated rings. The molecule has 16 heavy (non-hydrogen) atoms. The largest absolute Gasteiger partial charge is 0.365 e. The molecule has 0 bridgehead atoms. The molecule has 4 heteroatoms. The van der Waals surface area contributed by atoms with Crippen molar-refractivity contribution in [3.8, 4) is 0 Å². The van der Waals surface area contributed by atoms with E-state index in [9.17, 15) is 9.59 Å². The third-order valence-corrected chi connectivity index (χ3v) is 2.37. The summed E-state index contributed by atoms with van der Waals surface area (Å²) in [7, 11) is 0. The van der Waals surface area contributed by atoms with Crippen molar-refractivity contribution in [3.63, 3.8) is 0 Å². The molecule has 0 saturated heterocycles. The normalized spacial score (nSPS) is 10.2. The number of fused-ring (bicyclic) bond motifs is 1. The minimum atomic E-state index is -0.726. The van der Waals surface area contributed by atoms with E-state index in [0.29, 0.717) is 5.52 Å². The van der Waals surface area contributed by atoms with E-state index in [2.05, 4.69) is 11.6 Å². The summed E-state index contributed by atoms with van der Waals surface area (Å²) in [6, 6.07) is 6.92. The van der Waals surface area contributed by atoms with Gasteiger partial charge in [-0.05, 0) is 23.1 Å². The SMILES string of the molecule is C=Cc1ccc2cc(C(N)=O)c(=O)[nH]c2c1. The van der Waals surface area contributed by atoms with Crippen molar-refractivity contribution in [2.45, 2.75) is 0 Å². The van der Waals surface area contributed by atoms with Gasteiger partial charge in [-0.15, -0.1) is 0 Å². The molecular formula is C12H10N2O2. The Hall–Kier alpha value is -2.36. The van der Waals surface area contributed by atoms with E-state index >= 15 is 0 Å². The van der Waals surface area contributed by atoms with Crippen LogP contribution in [0.4, 0.5) is 0 Å². The minimum Gasteiger partial charge on any atom is -0.365 e. The van der Waals surface area contributed by atoms with Crippen LogP contribution in [0.5, 0.6) is 0 Å². The topological polar surface area (TPSA) is 76.0 Å². The lowest BCUT2D eigenvalue weighted by Crippen LogP contribution is -2.23. The number of pyridine rings is 1. The zero-order valence-corrected chi connectivity index (χ0v) is 8.49. The first-order chi connectivity index (χ1) is 7.61. The van der Waals surface area contributed by atoms with Crippen LogP contribution < -0.4 is 11.3 Å². The number of carbonyl (C=O) groups excluding carboxylic acids is 1. The average molecular weight is 214 g/mol. The monoisotopic (exact) mass is 214 g/mol. The number of primary amides is 1. The second kappa shape index (κ2) is 3.66. The summed E-state index contributed by atoms with van der Waals surface area (Å²) in [5, 5.41) is 0.763. The number of rotatable bonds is 2. The molecule has 0 saturated carbocycles. The van der Waals surface area contributed by atoms with Crippen LogP contribution in [0.15, 0.2) is 35.6 Å². The zero-order valence-electron chi connectivity index (χ0n) is 8.49. The van der Waals surface area contributed by atoms with Gasteiger partial charge in [-0.2, -0.15) is 0 Å². The van der Waals surface area contributed by atoms with Crippen molar-refractivity contribution in [1.82, 2.24) is 4.98 Å². The van der Waals surface area contributed by atoms with Gasteiger partial charge in [0, 0.05) is 5.52 Å². The van der Waals surface area contributed by atoms with Crippen LogP contribution in [-0.4, -0.2) is 10.9 Å². The molecular weight excluding hydrogens is 204 g/mol. The molecule has 4 nitrogen and oxygen atoms in total. The van der Waals surface area contributed by atoms with Gasteiger partial charge in [-0.1, -0.05) is 24.8 Å². The highest BCUT2D eigenvalue weighted by Crippen LogP contribution is 2.14. The number of nitrogens with two attached hydrogens (primary N) is 1. The minimum absolute atomic E-state index is 0.0288. The first kappa shape index (κ1) is 10.2. The molecule has 2 rings (SSSR count). The summed E-state index contributed by atoms with van der Waals surface area (Å²) in [4.78, 5) is 25.1. The van der Waals surface area contributed by atoms with Crippen LogP contribution in [0.1, 0.15) is 15.9 Å². The summed E-state index contributed by atoms with van der Waals surface area (Å²) < 4.78 is 0. The van der Waals surface area contributed by atoms with Crippen LogP contribution in [0.25, 0.3) is 17.0 Å². The van der Waals surface area contributed by atoms with Crippen molar-refractivity contribution in [1.29, 1.82) is 0 Å². The Balaban J connectivity index is 2.78. The zero-order chi connectivity index (χ0) is 11.7. The third-order valence-electron chi connectivity index (χ3n) is 2.37. The fourth-order valence-electron chi connectivity index (χ4n) is 1.53. The van der Waals surface area contributed by atoms with Crippen LogP contribution in [0.3, 0.4) is 0 Å². The second-order valence-corrected chi connectivity index (χ2v) is 3.43. The van der Waals surface area contributed by atoms with E-state index < -0.39 is 11.5 Å². The molecule has 2 aromatic rings. The van der Waals surface area contributed by atoms with Crippen molar-refractivity contribution < 1.29 is 4.79 Å². The molecule has 0 spiro atoms. The number of hydrogen-bond donors (Lipinski definition) is 2. The molecule has 1 aromatic heterocycles. The van der Waals surface area contributed by atoms with Gasteiger partial charge in [0.05, 0.1) is 0 Å². The number of carbonyl (C=O) groups is 1. The third kappa shape index (κ3) is 1.61. The fraction of sp³-hybridized carbons (Fsp3) is 0. The number of benzene rings is 1. The van der Waals surface area contributed by atoms with Gasteiger partial charge in [-0.3, -0.25) is 9.59 Å². The fourth-order valence-corrected chi connectivity index (χ4v) is 1.53. The lowest BCUT2D eigenvalue weighted by atomic mass is 10.1. The van der Waals surface area contributed by atoms with E-state index in [4.69, 9.17) is 5.73 Å². The summed E-state index contributed by atoms with van der Waals surface area (Å²) in [5.74, 6) is -0.726. The number of H-pyrrole nitrogens is 1. The van der Waals surface area contributed by atoms with Gasteiger partial charge in [0.1, 0.15) is 5.56 Å². The van der Waals surface area contributed by atoms with Crippen LogP contribution in [0.2, 0.25) is 0 Å². The van der Waals surface area contributed by atoms with Gasteiger partial charge in [-0.25, -0.2) is 0 Å². The Morgan fingerprint density at radius 3 is 2.75 bits per heavy atom. The predicted octanol–water partition coefficient (Wildman–Crippen LogP) is 1.27. The number of aromatic amines is 1. The number of nitrogens with one attached hydrogen (secondary N) is 1. The van der Waals surface area contributed by atoms with Gasteiger partial charge in [0.2, 0.25) is 0 Å².